The van der Waals surface area contributed by atoms with Crippen LogP contribution in [0.3, 0.4) is 0 Å². The second kappa shape index (κ2) is 8.09. The smallest absolute Gasteiger partial charge is 0.303 e. The lowest BCUT2D eigenvalue weighted by Gasteiger charge is -2.37. The Balaban J connectivity index is 1.99. The molecule has 0 aliphatic carbocycles. The molecular weight excluding hydrogens is 297 g/mol. The molecule has 2 rings (SSSR count). The molecule has 126 valence electrons. The largest absolute Gasteiger partial charge is 0.481 e. The van der Waals surface area contributed by atoms with E-state index in [4.69, 9.17) is 5.11 Å². The summed E-state index contributed by atoms with van der Waals surface area (Å²) in [7, 11) is 0. The van der Waals surface area contributed by atoms with Gasteiger partial charge in [-0.15, -0.1) is 0 Å². The van der Waals surface area contributed by atoms with E-state index >= 15 is 0 Å². The highest BCUT2D eigenvalue weighted by molar-refractivity contribution is 5.79. The Kier molecular flexibility index (Phi) is 6.13. The average Bonchev–Trinajstić information content (AvgIpc) is 2.52. The molecule has 0 saturated carbocycles. The van der Waals surface area contributed by atoms with Crippen molar-refractivity contribution in [2.45, 2.75) is 51.5 Å². The zero-order valence-corrected chi connectivity index (χ0v) is 13.5. The van der Waals surface area contributed by atoms with E-state index in [-0.39, 0.29) is 30.1 Å². The lowest BCUT2D eigenvalue weighted by Crippen LogP contribution is -2.46. The molecule has 1 aromatic rings. The minimum Gasteiger partial charge on any atom is -0.481 e. The first-order valence-corrected chi connectivity index (χ1v) is 8.24. The maximum absolute atomic E-state index is 13.3. The van der Waals surface area contributed by atoms with E-state index in [9.17, 15) is 14.0 Å². The van der Waals surface area contributed by atoms with Gasteiger partial charge in [-0.25, -0.2) is 4.39 Å². The zero-order valence-electron chi connectivity index (χ0n) is 13.5. The van der Waals surface area contributed by atoms with E-state index in [0.717, 1.165) is 24.8 Å². The minimum absolute atomic E-state index is 0.0160. The Morgan fingerprint density at radius 2 is 2.17 bits per heavy atom. The molecular formula is C18H24FNO3. The van der Waals surface area contributed by atoms with Crippen LogP contribution in [-0.4, -0.2) is 34.5 Å². The summed E-state index contributed by atoms with van der Waals surface area (Å²) in [4.78, 5) is 25.4. The van der Waals surface area contributed by atoms with Crippen LogP contribution in [0, 0.1) is 11.7 Å². The van der Waals surface area contributed by atoms with E-state index in [1.807, 2.05) is 17.9 Å². The van der Waals surface area contributed by atoms with Crippen LogP contribution in [0.15, 0.2) is 24.3 Å². The third-order valence-electron chi connectivity index (χ3n) is 4.45. The van der Waals surface area contributed by atoms with Crippen LogP contribution in [0.4, 0.5) is 4.39 Å². The average molecular weight is 321 g/mol. The topological polar surface area (TPSA) is 57.6 Å². The van der Waals surface area contributed by atoms with Gasteiger partial charge in [0.25, 0.3) is 0 Å². The van der Waals surface area contributed by atoms with Crippen molar-refractivity contribution in [3.05, 3.63) is 35.6 Å². The lowest BCUT2D eigenvalue weighted by molar-refractivity contribution is -0.142. The number of amides is 1. The van der Waals surface area contributed by atoms with Gasteiger partial charge in [0.05, 0.1) is 0 Å². The van der Waals surface area contributed by atoms with Gasteiger partial charge in [0, 0.05) is 24.9 Å². The number of nitrogens with zero attached hydrogens (tertiary/aromatic N) is 1. The van der Waals surface area contributed by atoms with E-state index in [2.05, 4.69) is 0 Å². The minimum atomic E-state index is -0.823. The quantitative estimate of drug-likeness (QED) is 0.875. The van der Waals surface area contributed by atoms with E-state index in [1.165, 1.54) is 12.1 Å². The highest BCUT2D eigenvalue weighted by Gasteiger charge is 2.29. The van der Waals surface area contributed by atoms with Crippen LogP contribution in [0.1, 0.15) is 44.6 Å². The molecule has 1 saturated heterocycles. The molecule has 0 aromatic heterocycles. The van der Waals surface area contributed by atoms with Gasteiger partial charge in [-0.2, -0.15) is 0 Å². The van der Waals surface area contributed by atoms with Crippen LogP contribution < -0.4 is 0 Å². The van der Waals surface area contributed by atoms with E-state index in [1.54, 1.807) is 6.07 Å². The van der Waals surface area contributed by atoms with Crippen molar-refractivity contribution in [1.29, 1.82) is 0 Å². The second-order valence-electron chi connectivity index (χ2n) is 6.35. The summed E-state index contributed by atoms with van der Waals surface area (Å²) in [6.07, 6.45) is 3.96. The Morgan fingerprint density at radius 3 is 2.87 bits per heavy atom. The van der Waals surface area contributed by atoms with Gasteiger partial charge < -0.3 is 10.0 Å². The molecule has 1 N–H and O–H groups in total. The second-order valence-corrected chi connectivity index (χ2v) is 6.35. The highest BCUT2D eigenvalue weighted by Crippen LogP contribution is 2.24. The number of carbonyl (C=O) groups is 2. The van der Waals surface area contributed by atoms with E-state index < -0.39 is 5.97 Å². The van der Waals surface area contributed by atoms with Gasteiger partial charge in [0.15, 0.2) is 0 Å². The monoisotopic (exact) mass is 321 g/mol. The highest BCUT2D eigenvalue weighted by atomic mass is 19.1. The third-order valence-corrected chi connectivity index (χ3v) is 4.45. The number of halogens is 1. The zero-order chi connectivity index (χ0) is 16.8. The fraction of sp³-hybridized carbons (Fsp3) is 0.556. The molecule has 2 atom stereocenters. The summed E-state index contributed by atoms with van der Waals surface area (Å²) in [6, 6.07) is 6.34. The van der Waals surface area contributed by atoms with Gasteiger partial charge in [0.1, 0.15) is 5.82 Å². The molecule has 1 aliphatic heterocycles. The maximum Gasteiger partial charge on any atom is 0.303 e. The first-order chi connectivity index (χ1) is 11.0. The Bertz CT molecular complexity index is 561. The number of rotatable bonds is 6. The van der Waals surface area contributed by atoms with Crippen molar-refractivity contribution >= 4 is 11.9 Å². The summed E-state index contributed by atoms with van der Waals surface area (Å²) in [5.74, 6) is -1.30. The Labute approximate surface area is 136 Å². The number of carboxylic acid groups (broad SMARTS) is 1. The number of piperidine rings is 1. The van der Waals surface area contributed by atoms with Crippen molar-refractivity contribution in [1.82, 2.24) is 4.90 Å². The van der Waals surface area contributed by atoms with Crippen molar-refractivity contribution in [2.75, 3.05) is 6.54 Å². The van der Waals surface area contributed by atoms with Crippen LogP contribution in [0.2, 0.25) is 0 Å². The molecule has 1 aromatic carbocycles. The normalized spacial score (nSPS) is 19.4. The number of hydrogen-bond donors (Lipinski definition) is 1. The van der Waals surface area contributed by atoms with Crippen molar-refractivity contribution in [3.8, 4) is 0 Å². The molecule has 1 heterocycles. The lowest BCUT2D eigenvalue weighted by atomic mass is 9.94. The SMILES string of the molecule is CC(Cc1cccc(F)c1)C(=O)N1CCCCC1CCC(=O)O. The summed E-state index contributed by atoms with van der Waals surface area (Å²) in [6.45, 7) is 2.55. The molecule has 1 fully saturated rings. The Morgan fingerprint density at radius 1 is 1.39 bits per heavy atom. The van der Waals surface area contributed by atoms with Crippen molar-refractivity contribution in [2.24, 2.45) is 5.92 Å². The number of carbonyl (C=O) groups excluding carboxylic acids is 1. The fourth-order valence-electron chi connectivity index (χ4n) is 3.27. The first kappa shape index (κ1) is 17.4. The number of likely N-dealkylation sites (tertiary alicyclic amines) is 1. The molecule has 5 heteroatoms. The molecule has 1 aliphatic rings. The van der Waals surface area contributed by atoms with Crippen LogP contribution >= 0.6 is 0 Å². The Hall–Kier alpha value is -1.91. The van der Waals surface area contributed by atoms with Gasteiger partial charge in [-0.3, -0.25) is 9.59 Å². The molecule has 0 radical (unpaired) electrons. The standard InChI is InChI=1S/C18H24FNO3/c1-13(11-14-5-4-6-15(19)12-14)18(23)20-10-3-2-7-16(20)8-9-17(21)22/h4-6,12-13,16H,2-3,7-11H2,1H3,(H,21,22). The number of carboxylic acids is 1. The fourth-order valence-corrected chi connectivity index (χ4v) is 3.27. The van der Waals surface area contributed by atoms with Gasteiger partial charge in [-0.1, -0.05) is 19.1 Å². The van der Waals surface area contributed by atoms with Crippen LogP contribution in [-0.2, 0) is 16.0 Å². The van der Waals surface area contributed by atoms with Gasteiger partial charge >= 0.3 is 5.97 Å². The molecule has 4 nitrogen and oxygen atoms in total. The number of benzene rings is 1. The predicted molar refractivity (Wildman–Crippen MR) is 85.5 cm³/mol. The van der Waals surface area contributed by atoms with Crippen molar-refractivity contribution < 1.29 is 19.1 Å². The summed E-state index contributed by atoms with van der Waals surface area (Å²) in [5.41, 5.74) is 0.810. The van der Waals surface area contributed by atoms with Crippen molar-refractivity contribution in [3.63, 3.8) is 0 Å². The van der Waals surface area contributed by atoms with Crippen LogP contribution in [0.5, 0.6) is 0 Å². The molecule has 1 amide bonds. The van der Waals surface area contributed by atoms with Gasteiger partial charge in [-0.05, 0) is 49.8 Å². The first-order valence-electron chi connectivity index (χ1n) is 8.24. The summed E-state index contributed by atoms with van der Waals surface area (Å²) < 4.78 is 13.3. The molecule has 0 bridgehead atoms. The maximum atomic E-state index is 13.3. The predicted octanol–water partition coefficient (Wildman–Crippen LogP) is 3.25. The number of hydrogen-bond acceptors (Lipinski definition) is 2. The number of aliphatic carboxylic acids is 1. The van der Waals surface area contributed by atoms with Crippen LogP contribution in [0.25, 0.3) is 0 Å². The van der Waals surface area contributed by atoms with E-state index in [0.29, 0.717) is 19.4 Å². The van der Waals surface area contributed by atoms with Gasteiger partial charge in [0.2, 0.25) is 5.91 Å². The molecule has 2 unspecified atom stereocenters. The summed E-state index contributed by atoms with van der Waals surface area (Å²) >= 11 is 0. The third kappa shape index (κ3) is 5.05. The summed E-state index contributed by atoms with van der Waals surface area (Å²) in [5, 5.41) is 8.86. The molecule has 23 heavy (non-hydrogen) atoms. The molecule has 0 spiro atoms.